The standard InChI is InChI=1S/C19H20ClN3O3/c1-11-16(17(21-26-11)14-5-3-4-6-15(14)20)19(25)23-9-12-7-8-13(10-23)22(2)18(12)24/h3-6,12-13H,7-10H2,1-2H3/t12-,13+/m0/s1. The predicted molar refractivity (Wildman–Crippen MR) is 96.9 cm³/mol. The summed E-state index contributed by atoms with van der Waals surface area (Å²) in [6.45, 7) is 2.69. The molecule has 3 saturated heterocycles. The van der Waals surface area contributed by atoms with Gasteiger partial charge in [0.05, 0.1) is 10.9 Å². The third-order valence-corrected chi connectivity index (χ3v) is 5.79. The fourth-order valence-electron chi connectivity index (χ4n) is 3.94. The summed E-state index contributed by atoms with van der Waals surface area (Å²) >= 11 is 6.29. The Morgan fingerprint density at radius 1 is 1.27 bits per heavy atom. The molecule has 3 aliphatic rings. The molecule has 0 spiro atoms. The number of amides is 2. The molecular weight excluding hydrogens is 354 g/mol. The third-order valence-electron chi connectivity index (χ3n) is 5.46. The minimum atomic E-state index is -0.154. The Kier molecular flexibility index (Phi) is 4.23. The number of carbonyl (C=O) groups is 2. The van der Waals surface area contributed by atoms with E-state index in [0.717, 1.165) is 12.8 Å². The average molecular weight is 374 g/mol. The molecule has 6 nitrogen and oxygen atoms in total. The molecule has 0 radical (unpaired) electrons. The second kappa shape index (κ2) is 6.43. The molecule has 0 N–H and O–H groups in total. The maximum atomic E-state index is 13.3. The van der Waals surface area contributed by atoms with Gasteiger partial charge in [0.25, 0.3) is 5.91 Å². The van der Waals surface area contributed by atoms with Crippen LogP contribution in [0.25, 0.3) is 11.3 Å². The summed E-state index contributed by atoms with van der Waals surface area (Å²) in [6.07, 6.45) is 1.76. The van der Waals surface area contributed by atoms with Gasteiger partial charge in [0.2, 0.25) is 5.91 Å². The van der Waals surface area contributed by atoms with Crippen LogP contribution < -0.4 is 0 Å². The van der Waals surface area contributed by atoms with E-state index in [1.165, 1.54) is 0 Å². The zero-order valence-electron chi connectivity index (χ0n) is 14.7. The van der Waals surface area contributed by atoms with Crippen LogP contribution in [0.1, 0.15) is 29.0 Å². The summed E-state index contributed by atoms with van der Waals surface area (Å²) in [7, 11) is 1.83. The summed E-state index contributed by atoms with van der Waals surface area (Å²) in [4.78, 5) is 29.3. The lowest BCUT2D eigenvalue weighted by atomic mass is 9.95. The van der Waals surface area contributed by atoms with Gasteiger partial charge in [-0.05, 0) is 25.8 Å². The lowest BCUT2D eigenvalue weighted by molar-refractivity contribution is -0.138. The maximum absolute atomic E-state index is 13.3. The van der Waals surface area contributed by atoms with E-state index in [1.807, 2.05) is 25.2 Å². The molecule has 0 aliphatic carbocycles. The van der Waals surface area contributed by atoms with Crippen LogP contribution in [-0.4, -0.2) is 52.9 Å². The highest BCUT2D eigenvalue weighted by Crippen LogP contribution is 2.34. The third kappa shape index (κ3) is 2.69. The molecular formula is C19H20ClN3O3. The van der Waals surface area contributed by atoms with E-state index in [2.05, 4.69) is 5.16 Å². The fraction of sp³-hybridized carbons (Fsp3) is 0.421. The second-order valence-electron chi connectivity index (χ2n) is 7.03. The smallest absolute Gasteiger partial charge is 0.259 e. The predicted octanol–water partition coefficient (Wildman–Crippen LogP) is 3.00. The zero-order valence-corrected chi connectivity index (χ0v) is 15.5. The van der Waals surface area contributed by atoms with Crippen molar-refractivity contribution >= 4 is 23.4 Å². The number of likely N-dealkylation sites (N-methyl/N-ethyl adjacent to an activating group) is 1. The molecule has 1 aromatic heterocycles. The monoisotopic (exact) mass is 373 g/mol. The number of nitrogens with zero attached hydrogens (tertiary/aromatic N) is 3. The Balaban J connectivity index is 1.71. The van der Waals surface area contributed by atoms with E-state index in [1.54, 1.807) is 22.8 Å². The molecule has 4 heterocycles. The maximum Gasteiger partial charge on any atom is 0.259 e. The molecule has 2 atom stereocenters. The van der Waals surface area contributed by atoms with E-state index in [0.29, 0.717) is 40.7 Å². The minimum absolute atomic E-state index is 0.0640. The first kappa shape index (κ1) is 17.1. The number of rotatable bonds is 2. The minimum Gasteiger partial charge on any atom is -0.360 e. The summed E-state index contributed by atoms with van der Waals surface area (Å²) in [5.41, 5.74) is 1.55. The second-order valence-corrected chi connectivity index (χ2v) is 7.44. The highest BCUT2D eigenvalue weighted by Gasteiger charge is 2.41. The molecule has 26 heavy (non-hydrogen) atoms. The number of halogens is 1. The SMILES string of the molecule is Cc1onc(-c2ccccc2Cl)c1C(=O)N1C[C@@H]2CC[C@H](C1)N(C)C2=O. The van der Waals surface area contributed by atoms with Crippen molar-refractivity contribution in [3.8, 4) is 11.3 Å². The first-order valence-electron chi connectivity index (χ1n) is 8.74. The molecule has 2 amide bonds. The number of piperidine rings is 1. The Morgan fingerprint density at radius 3 is 2.81 bits per heavy atom. The summed E-state index contributed by atoms with van der Waals surface area (Å²) in [6, 6.07) is 7.32. The van der Waals surface area contributed by atoms with Gasteiger partial charge in [-0.1, -0.05) is 35.0 Å². The Bertz CT molecular complexity index is 879. The quantitative estimate of drug-likeness (QED) is 0.811. The number of aryl methyl sites for hydroxylation is 1. The van der Waals surface area contributed by atoms with E-state index in [-0.39, 0.29) is 23.8 Å². The average Bonchev–Trinajstić information content (AvgIpc) is 2.81. The van der Waals surface area contributed by atoms with E-state index >= 15 is 0 Å². The Hall–Kier alpha value is -2.34. The molecule has 136 valence electrons. The molecule has 7 heteroatoms. The van der Waals surface area contributed by atoms with Crippen LogP contribution in [0.5, 0.6) is 0 Å². The van der Waals surface area contributed by atoms with Crippen molar-refractivity contribution in [1.29, 1.82) is 0 Å². The largest absolute Gasteiger partial charge is 0.360 e. The normalized spacial score (nSPS) is 22.7. The van der Waals surface area contributed by atoms with Crippen LogP contribution in [0, 0.1) is 12.8 Å². The molecule has 3 aliphatic heterocycles. The number of carbonyl (C=O) groups excluding carboxylic acids is 2. The van der Waals surface area contributed by atoms with Gasteiger partial charge in [-0.15, -0.1) is 0 Å². The first-order chi connectivity index (χ1) is 12.5. The van der Waals surface area contributed by atoms with Gasteiger partial charge in [-0.2, -0.15) is 0 Å². The van der Waals surface area contributed by atoms with E-state index < -0.39 is 0 Å². The van der Waals surface area contributed by atoms with Crippen LogP contribution in [0.15, 0.2) is 28.8 Å². The van der Waals surface area contributed by atoms with Crippen LogP contribution in [-0.2, 0) is 4.79 Å². The number of benzene rings is 1. The fourth-order valence-corrected chi connectivity index (χ4v) is 4.17. The van der Waals surface area contributed by atoms with Crippen molar-refractivity contribution in [2.24, 2.45) is 5.92 Å². The highest BCUT2D eigenvalue weighted by molar-refractivity contribution is 6.33. The van der Waals surface area contributed by atoms with Crippen molar-refractivity contribution in [3.63, 3.8) is 0 Å². The van der Waals surface area contributed by atoms with Gasteiger partial charge < -0.3 is 14.3 Å². The van der Waals surface area contributed by atoms with Crippen molar-refractivity contribution in [3.05, 3.63) is 40.6 Å². The number of hydrogen-bond acceptors (Lipinski definition) is 4. The first-order valence-corrected chi connectivity index (χ1v) is 9.12. The van der Waals surface area contributed by atoms with Crippen LogP contribution in [0.2, 0.25) is 5.02 Å². The molecule has 0 saturated carbocycles. The highest BCUT2D eigenvalue weighted by atomic mass is 35.5. The van der Waals surface area contributed by atoms with E-state index in [9.17, 15) is 9.59 Å². The molecule has 1 aromatic carbocycles. The molecule has 5 rings (SSSR count). The van der Waals surface area contributed by atoms with Gasteiger partial charge in [0.1, 0.15) is 17.0 Å². The van der Waals surface area contributed by atoms with Crippen molar-refractivity contribution in [2.75, 3.05) is 20.1 Å². The van der Waals surface area contributed by atoms with Crippen molar-refractivity contribution in [1.82, 2.24) is 15.0 Å². The van der Waals surface area contributed by atoms with Gasteiger partial charge in [0.15, 0.2) is 0 Å². The van der Waals surface area contributed by atoms with Gasteiger partial charge >= 0.3 is 0 Å². The van der Waals surface area contributed by atoms with Crippen molar-refractivity contribution in [2.45, 2.75) is 25.8 Å². The van der Waals surface area contributed by atoms with Crippen molar-refractivity contribution < 1.29 is 14.1 Å². The zero-order chi connectivity index (χ0) is 18.4. The molecule has 2 bridgehead atoms. The lowest BCUT2D eigenvalue weighted by Gasteiger charge is -2.32. The van der Waals surface area contributed by atoms with Gasteiger partial charge in [-0.25, -0.2) is 0 Å². The Morgan fingerprint density at radius 2 is 2.04 bits per heavy atom. The Labute approximate surface area is 156 Å². The molecule has 3 fully saturated rings. The summed E-state index contributed by atoms with van der Waals surface area (Å²) in [5, 5.41) is 4.60. The number of hydrogen-bond donors (Lipinski definition) is 0. The molecule has 2 aromatic rings. The summed E-state index contributed by atoms with van der Waals surface area (Å²) < 4.78 is 5.33. The van der Waals surface area contributed by atoms with Gasteiger partial charge in [0, 0.05) is 31.7 Å². The van der Waals surface area contributed by atoms with Gasteiger partial charge in [-0.3, -0.25) is 9.59 Å². The van der Waals surface area contributed by atoms with Crippen LogP contribution in [0.4, 0.5) is 0 Å². The summed E-state index contributed by atoms with van der Waals surface area (Å²) in [5.74, 6) is 0.302. The molecule has 0 unspecified atom stereocenters. The number of fused-ring (bicyclic) bond motifs is 4. The number of aromatic nitrogens is 1. The topological polar surface area (TPSA) is 66.7 Å². The van der Waals surface area contributed by atoms with Crippen LogP contribution in [0.3, 0.4) is 0 Å². The van der Waals surface area contributed by atoms with Crippen LogP contribution >= 0.6 is 11.6 Å². The lowest BCUT2D eigenvalue weighted by Crippen LogP contribution is -2.45. The van der Waals surface area contributed by atoms with E-state index in [4.69, 9.17) is 16.1 Å².